The number of carbonyl (C=O) groups is 1. The van der Waals surface area contributed by atoms with Gasteiger partial charge < -0.3 is 14.8 Å². The van der Waals surface area contributed by atoms with Crippen LogP contribution in [0, 0.1) is 24.2 Å². The Morgan fingerprint density at radius 3 is 2.68 bits per heavy atom. The number of amides is 1. The van der Waals surface area contributed by atoms with Crippen molar-refractivity contribution in [2.45, 2.75) is 25.9 Å². The summed E-state index contributed by atoms with van der Waals surface area (Å²) >= 11 is 0. The number of nitrogens with one attached hydrogen (secondary N) is 1. The van der Waals surface area contributed by atoms with Gasteiger partial charge in [0, 0.05) is 0 Å². The van der Waals surface area contributed by atoms with E-state index in [0.29, 0.717) is 5.92 Å². The first-order valence-corrected chi connectivity index (χ1v) is 7.59. The summed E-state index contributed by atoms with van der Waals surface area (Å²) in [6.45, 7) is 2.50. The number of terminal acetylenes is 1. The molecular weight excluding hydrogens is 278 g/mol. The first-order valence-electron chi connectivity index (χ1n) is 7.59. The molecule has 4 heteroatoms. The predicted molar refractivity (Wildman–Crippen MR) is 85.4 cm³/mol. The summed E-state index contributed by atoms with van der Waals surface area (Å²) in [6, 6.07) is 7.83. The van der Waals surface area contributed by atoms with Crippen LogP contribution < -0.4 is 10.1 Å². The highest BCUT2D eigenvalue weighted by molar-refractivity contribution is 5.77. The lowest BCUT2D eigenvalue weighted by Crippen LogP contribution is -2.28. The van der Waals surface area contributed by atoms with Crippen molar-refractivity contribution in [2.24, 2.45) is 11.8 Å². The number of hydrogen-bond acceptors (Lipinski definition) is 3. The smallest absolute Gasteiger partial charge is 0.246 e. The molecule has 3 unspecified atom stereocenters. The van der Waals surface area contributed by atoms with Crippen LogP contribution in [0.4, 0.5) is 0 Å². The number of carbonyl (C=O) groups excluding carboxylic acids is 1. The Morgan fingerprint density at radius 2 is 2.14 bits per heavy atom. The molecule has 0 heterocycles. The van der Waals surface area contributed by atoms with Crippen LogP contribution in [0.3, 0.4) is 0 Å². The van der Waals surface area contributed by atoms with Crippen LogP contribution in [0.1, 0.15) is 31.4 Å². The number of ether oxygens (including phenoxy) is 2. The molecule has 0 radical (unpaired) electrons. The molecule has 0 bridgehead atoms. The summed E-state index contributed by atoms with van der Waals surface area (Å²) in [4.78, 5) is 11.7. The average molecular weight is 301 g/mol. The molecule has 1 aliphatic rings. The van der Waals surface area contributed by atoms with Crippen molar-refractivity contribution in [1.29, 1.82) is 0 Å². The van der Waals surface area contributed by atoms with Gasteiger partial charge in [0.25, 0.3) is 0 Å². The molecule has 1 aliphatic carbocycles. The Balaban J connectivity index is 1.95. The molecule has 0 aromatic heterocycles. The van der Waals surface area contributed by atoms with Crippen molar-refractivity contribution in [2.75, 3.05) is 20.3 Å². The minimum atomic E-state index is -0.180. The Labute approximate surface area is 132 Å². The third-order valence-electron chi connectivity index (χ3n) is 4.08. The Hall–Kier alpha value is -1.99. The van der Waals surface area contributed by atoms with Crippen molar-refractivity contribution in [3.8, 4) is 18.1 Å². The molecule has 1 fully saturated rings. The summed E-state index contributed by atoms with van der Waals surface area (Å²) in [5.74, 6) is 4.44. The number of benzene rings is 1. The third-order valence-corrected chi connectivity index (χ3v) is 4.08. The Morgan fingerprint density at radius 1 is 1.45 bits per heavy atom. The lowest BCUT2D eigenvalue weighted by molar-refractivity contribution is -0.127. The van der Waals surface area contributed by atoms with E-state index < -0.39 is 0 Å². The zero-order valence-corrected chi connectivity index (χ0v) is 13.2. The van der Waals surface area contributed by atoms with Gasteiger partial charge in [0.2, 0.25) is 5.91 Å². The van der Waals surface area contributed by atoms with E-state index in [2.05, 4.69) is 18.2 Å². The van der Waals surface area contributed by atoms with Crippen LogP contribution in [0.25, 0.3) is 0 Å². The topological polar surface area (TPSA) is 47.6 Å². The fraction of sp³-hybridized carbons (Fsp3) is 0.500. The zero-order valence-electron chi connectivity index (χ0n) is 13.2. The van der Waals surface area contributed by atoms with Crippen molar-refractivity contribution in [1.82, 2.24) is 5.32 Å². The first-order chi connectivity index (χ1) is 10.6. The van der Waals surface area contributed by atoms with E-state index >= 15 is 0 Å². The van der Waals surface area contributed by atoms with Crippen molar-refractivity contribution < 1.29 is 14.3 Å². The molecule has 1 amide bonds. The number of methoxy groups -OCH3 is 1. The van der Waals surface area contributed by atoms with E-state index in [-0.39, 0.29) is 25.2 Å². The van der Waals surface area contributed by atoms with Gasteiger partial charge in [-0.25, -0.2) is 0 Å². The molecule has 22 heavy (non-hydrogen) atoms. The van der Waals surface area contributed by atoms with Crippen LogP contribution >= 0.6 is 0 Å². The molecule has 0 spiro atoms. The normalized spacial score (nSPS) is 20.8. The zero-order chi connectivity index (χ0) is 15.9. The van der Waals surface area contributed by atoms with Crippen LogP contribution in [-0.2, 0) is 9.53 Å². The molecule has 1 saturated carbocycles. The molecule has 1 aromatic rings. The Kier molecular flexibility index (Phi) is 5.85. The molecule has 1 aromatic carbocycles. The summed E-state index contributed by atoms with van der Waals surface area (Å²) in [5.41, 5.74) is 1.07. The molecule has 0 aliphatic heterocycles. The lowest BCUT2D eigenvalue weighted by atomic mass is 10.0. The van der Waals surface area contributed by atoms with Gasteiger partial charge in [0.05, 0.1) is 19.8 Å². The maximum absolute atomic E-state index is 11.7. The molecule has 2 rings (SSSR count). The van der Waals surface area contributed by atoms with E-state index in [4.69, 9.17) is 15.9 Å². The quantitative estimate of drug-likeness (QED) is 0.751. The monoisotopic (exact) mass is 301 g/mol. The number of rotatable bonds is 8. The van der Waals surface area contributed by atoms with E-state index in [1.54, 1.807) is 7.11 Å². The highest BCUT2D eigenvalue weighted by atomic mass is 16.5. The van der Waals surface area contributed by atoms with Gasteiger partial charge in [0.15, 0.2) is 0 Å². The van der Waals surface area contributed by atoms with Gasteiger partial charge in [-0.1, -0.05) is 25.0 Å². The summed E-state index contributed by atoms with van der Waals surface area (Å²) in [7, 11) is 1.64. The predicted octanol–water partition coefficient (Wildman–Crippen LogP) is 2.55. The second kappa shape index (κ2) is 7.86. The highest BCUT2D eigenvalue weighted by Gasteiger charge is 2.35. The molecule has 4 nitrogen and oxygen atoms in total. The first kappa shape index (κ1) is 16.4. The van der Waals surface area contributed by atoms with Gasteiger partial charge in [-0.3, -0.25) is 4.79 Å². The fourth-order valence-corrected chi connectivity index (χ4v) is 2.50. The Bertz CT molecular complexity index is 532. The standard InChI is InChI=1S/C18H23NO3/c1-4-9-19-18(20)12-22-17(11-15-10-13(15)2)14-5-7-16(21-3)8-6-14/h1,5-8,13,15,17H,9-12H2,2-3H3,(H,19,20). The minimum absolute atomic E-state index is 0.0273. The minimum Gasteiger partial charge on any atom is -0.497 e. The van der Waals surface area contributed by atoms with Gasteiger partial charge in [-0.2, -0.15) is 0 Å². The maximum Gasteiger partial charge on any atom is 0.246 e. The van der Waals surface area contributed by atoms with Gasteiger partial charge in [0.1, 0.15) is 12.4 Å². The van der Waals surface area contributed by atoms with E-state index in [0.717, 1.165) is 23.7 Å². The van der Waals surface area contributed by atoms with Crippen LogP contribution in [-0.4, -0.2) is 26.2 Å². The molecule has 0 saturated heterocycles. The highest BCUT2D eigenvalue weighted by Crippen LogP contribution is 2.44. The third kappa shape index (κ3) is 4.78. The summed E-state index contributed by atoms with van der Waals surface area (Å²) in [6.07, 6.45) is 7.23. The van der Waals surface area contributed by atoms with E-state index in [9.17, 15) is 4.79 Å². The van der Waals surface area contributed by atoms with Gasteiger partial charge in [-0.15, -0.1) is 6.42 Å². The van der Waals surface area contributed by atoms with Gasteiger partial charge >= 0.3 is 0 Å². The molecule has 1 N–H and O–H groups in total. The largest absolute Gasteiger partial charge is 0.497 e. The lowest BCUT2D eigenvalue weighted by Gasteiger charge is -2.18. The number of hydrogen-bond donors (Lipinski definition) is 1. The summed E-state index contributed by atoms with van der Waals surface area (Å²) < 4.78 is 11.0. The van der Waals surface area contributed by atoms with E-state index in [1.807, 2.05) is 24.3 Å². The maximum atomic E-state index is 11.7. The van der Waals surface area contributed by atoms with E-state index in [1.165, 1.54) is 6.42 Å². The van der Waals surface area contributed by atoms with Crippen LogP contribution in [0.15, 0.2) is 24.3 Å². The molecular formula is C18H23NO3. The SMILES string of the molecule is C#CCNC(=O)COC(CC1CC1C)c1ccc(OC)cc1. The van der Waals surface area contributed by atoms with Crippen molar-refractivity contribution >= 4 is 5.91 Å². The average Bonchev–Trinajstić information content (AvgIpc) is 3.24. The summed E-state index contributed by atoms with van der Waals surface area (Å²) in [5, 5.41) is 2.62. The van der Waals surface area contributed by atoms with Crippen molar-refractivity contribution in [3.63, 3.8) is 0 Å². The molecule has 118 valence electrons. The van der Waals surface area contributed by atoms with Crippen molar-refractivity contribution in [3.05, 3.63) is 29.8 Å². The fourth-order valence-electron chi connectivity index (χ4n) is 2.50. The second-order valence-electron chi connectivity index (χ2n) is 5.76. The van der Waals surface area contributed by atoms with Crippen LogP contribution in [0.5, 0.6) is 5.75 Å². The van der Waals surface area contributed by atoms with Gasteiger partial charge in [-0.05, 0) is 42.4 Å². The second-order valence-corrected chi connectivity index (χ2v) is 5.76. The van der Waals surface area contributed by atoms with Crippen LogP contribution in [0.2, 0.25) is 0 Å². The molecule has 3 atom stereocenters.